The quantitative estimate of drug-likeness (QED) is 0.599. The molecule has 1 rings (SSSR count). The predicted molar refractivity (Wildman–Crippen MR) is 50.1 cm³/mol. The van der Waals surface area contributed by atoms with Crippen LogP contribution in [-0.4, -0.2) is 28.7 Å². The summed E-state index contributed by atoms with van der Waals surface area (Å²) in [5.41, 5.74) is -0.918. The maximum atomic E-state index is 10.1. The van der Waals surface area contributed by atoms with Crippen LogP contribution in [0.2, 0.25) is 0 Å². The van der Waals surface area contributed by atoms with Crippen LogP contribution in [-0.2, 0) is 4.74 Å². The first-order chi connectivity index (χ1) is 5.70. The number of aliphatic hydroxyl groups is 2. The lowest BCUT2D eigenvalue weighted by Gasteiger charge is -2.51. The van der Waals surface area contributed by atoms with Crippen molar-refractivity contribution < 1.29 is 14.9 Å². The van der Waals surface area contributed by atoms with Crippen molar-refractivity contribution in [2.45, 2.75) is 53.1 Å². The van der Waals surface area contributed by atoms with E-state index in [1.165, 1.54) is 0 Å². The van der Waals surface area contributed by atoms with Crippen LogP contribution in [0.25, 0.3) is 0 Å². The van der Waals surface area contributed by atoms with Gasteiger partial charge in [0, 0.05) is 10.8 Å². The van der Waals surface area contributed by atoms with Crippen LogP contribution in [0.4, 0.5) is 0 Å². The van der Waals surface area contributed by atoms with Gasteiger partial charge in [0.05, 0.1) is 12.2 Å². The molecule has 0 aliphatic carbocycles. The van der Waals surface area contributed by atoms with Gasteiger partial charge in [0.15, 0.2) is 6.29 Å². The van der Waals surface area contributed by atoms with E-state index in [2.05, 4.69) is 0 Å². The molecule has 1 heterocycles. The summed E-state index contributed by atoms with van der Waals surface area (Å²) >= 11 is 0. The molecule has 0 radical (unpaired) electrons. The molecule has 0 amide bonds. The minimum atomic E-state index is -0.884. The summed E-state index contributed by atoms with van der Waals surface area (Å²) in [6.45, 7) is 9.42. The molecule has 0 aromatic rings. The molecule has 3 atom stereocenters. The molecule has 0 bridgehead atoms. The summed E-state index contributed by atoms with van der Waals surface area (Å²) in [5.74, 6) is 0. The number of aliphatic hydroxyl groups excluding tert-OH is 2. The summed E-state index contributed by atoms with van der Waals surface area (Å²) in [5, 5.41) is 19.7. The van der Waals surface area contributed by atoms with Gasteiger partial charge in [0.1, 0.15) is 0 Å². The molecule has 1 aliphatic heterocycles. The van der Waals surface area contributed by atoms with Gasteiger partial charge >= 0.3 is 0 Å². The average Bonchev–Trinajstić information content (AvgIpc) is 2.00. The van der Waals surface area contributed by atoms with E-state index >= 15 is 0 Å². The lowest BCUT2D eigenvalue weighted by atomic mass is 9.67. The van der Waals surface area contributed by atoms with Gasteiger partial charge in [-0.25, -0.2) is 0 Å². The molecule has 0 spiro atoms. The van der Waals surface area contributed by atoms with Gasteiger partial charge in [-0.05, 0) is 6.92 Å². The summed E-state index contributed by atoms with van der Waals surface area (Å²) < 4.78 is 5.38. The number of hydrogen-bond acceptors (Lipinski definition) is 3. The molecule has 2 unspecified atom stereocenters. The van der Waals surface area contributed by atoms with Gasteiger partial charge in [-0.1, -0.05) is 27.7 Å². The van der Waals surface area contributed by atoms with Crippen molar-refractivity contribution in [3.05, 3.63) is 0 Å². The second-order valence-electron chi connectivity index (χ2n) is 5.18. The van der Waals surface area contributed by atoms with Gasteiger partial charge in [-0.3, -0.25) is 0 Å². The standard InChI is InChI=1S/C10H20O3/c1-6-9(2,3)7(11)10(4,5)8(12)13-6/h6-8,11-12H,1-5H3/t6?,7?,8-/m0/s1. The summed E-state index contributed by atoms with van der Waals surface area (Å²) in [6.07, 6.45) is -1.57. The fourth-order valence-corrected chi connectivity index (χ4v) is 1.86. The van der Waals surface area contributed by atoms with E-state index in [1.54, 1.807) is 0 Å². The van der Waals surface area contributed by atoms with E-state index in [9.17, 15) is 10.2 Å². The molecule has 0 aromatic carbocycles. The van der Waals surface area contributed by atoms with Gasteiger partial charge in [-0.15, -0.1) is 0 Å². The maximum Gasteiger partial charge on any atom is 0.162 e. The Hall–Kier alpha value is -0.120. The van der Waals surface area contributed by atoms with Gasteiger partial charge in [-0.2, -0.15) is 0 Å². The smallest absolute Gasteiger partial charge is 0.162 e. The Bertz CT molecular complexity index is 178. The van der Waals surface area contributed by atoms with Crippen molar-refractivity contribution in [1.29, 1.82) is 0 Å². The number of rotatable bonds is 0. The minimum Gasteiger partial charge on any atom is -0.392 e. The van der Waals surface area contributed by atoms with Crippen LogP contribution >= 0.6 is 0 Å². The highest BCUT2D eigenvalue weighted by Gasteiger charge is 2.52. The molecule has 1 saturated heterocycles. The second kappa shape index (κ2) is 2.94. The molecule has 2 N–H and O–H groups in total. The lowest BCUT2D eigenvalue weighted by molar-refractivity contribution is -0.297. The zero-order valence-corrected chi connectivity index (χ0v) is 9.03. The van der Waals surface area contributed by atoms with Crippen LogP contribution in [0.1, 0.15) is 34.6 Å². The van der Waals surface area contributed by atoms with Crippen molar-refractivity contribution in [3.8, 4) is 0 Å². The van der Waals surface area contributed by atoms with Crippen molar-refractivity contribution in [3.63, 3.8) is 0 Å². The molecular weight excluding hydrogens is 168 g/mol. The molecule has 1 fully saturated rings. The van der Waals surface area contributed by atoms with E-state index in [0.717, 1.165) is 0 Å². The fourth-order valence-electron chi connectivity index (χ4n) is 1.86. The first-order valence-corrected chi connectivity index (χ1v) is 4.72. The maximum absolute atomic E-state index is 10.1. The Kier molecular flexibility index (Phi) is 2.48. The third kappa shape index (κ3) is 1.49. The van der Waals surface area contributed by atoms with Crippen LogP contribution < -0.4 is 0 Å². The van der Waals surface area contributed by atoms with Gasteiger partial charge in [0.25, 0.3) is 0 Å². The zero-order valence-electron chi connectivity index (χ0n) is 9.03. The van der Waals surface area contributed by atoms with Crippen LogP contribution in [0.15, 0.2) is 0 Å². The Balaban J connectivity index is 2.96. The first-order valence-electron chi connectivity index (χ1n) is 4.72. The van der Waals surface area contributed by atoms with Crippen LogP contribution in [0.5, 0.6) is 0 Å². The Labute approximate surface area is 79.7 Å². The molecule has 1 aliphatic rings. The van der Waals surface area contributed by atoms with E-state index in [4.69, 9.17) is 4.74 Å². The van der Waals surface area contributed by atoms with E-state index in [1.807, 2.05) is 34.6 Å². The normalized spacial score (nSPS) is 43.2. The molecule has 3 nitrogen and oxygen atoms in total. The second-order valence-corrected chi connectivity index (χ2v) is 5.18. The summed E-state index contributed by atoms with van der Waals surface area (Å²) in [7, 11) is 0. The van der Waals surface area contributed by atoms with Crippen LogP contribution in [0, 0.1) is 10.8 Å². The average molecular weight is 188 g/mol. The van der Waals surface area contributed by atoms with Crippen molar-refractivity contribution in [2.24, 2.45) is 10.8 Å². The number of hydrogen-bond donors (Lipinski definition) is 2. The van der Waals surface area contributed by atoms with Crippen molar-refractivity contribution in [1.82, 2.24) is 0 Å². The Morgan fingerprint density at radius 2 is 1.46 bits per heavy atom. The molecule has 0 aromatic heterocycles. The van der Waals surface area contributed by atoms with E-state index < -0.39 is 17.8 Å². The molecule has 78 valence electrons. The lowest BCUT2D eigenvalue weighted by Crippen LogP contribution is -2.59. The van der Waals surface area contributed by atoms with Crippen molar-refractivity contribution in [2.75, 3.05) is 0 Å². The molecular formula is C10H20O3. The van der Waals surface area contributed by atoms with E-state index in [0.29, 0.717) is 0 Å². The highest BCUT2D eigenvalue weighted by molar-refractivity contribution is 4.97. The number of ether oxygens (including phenoxy) is 1. The van der Waals surface area contributed by atoms with E-state index in [-0.39, 0.29) is 11.5 Å². The third-order valence-corrected chi connectivity index (χ3v) is 3.43. The van der Waals surface area contributed by atoms with Gasteiger partial charge in [0.2, 0.25) is 0 Å². The fraction of sp³-hybridized carbons (Fsp3) is 1.00. The Morgan fingerprint density at radius 3 is 1.92 bits per heavy atom. The summed E-state index contributed by atoms with van der Waals surface area (Å²) in [6, 6.07) is 0. The predicted octanol–water partition coefficient (Wildman–Crippen LogP) is 1.14. The highest BCUT2D eigenvalue weighted by atomic mass is 16.6. The largest absolute Gasteiger partial charge is 0.392 e. The van der Waals surface area contributed by atoms with Gasteiger partial charge < -0.3 is 14.9 Å². The van der Waals surface area contributed by atoms with Crippen LogP contribution in [0.3, 0.4) is 0 Å². The van der Waals surface area contributed by atoms with Crippen molar-refractivity contribution >= 4 is 0 Å². The Morgan fingerprint density at radius 1 is 1.00 bits per heavy atom. The molecule has 3 heteroatoms. The molecule has 13 heavy (non-hydrogen) atoms. The molecule has 0 saturated carbocycles. The topological polar surface area (TPSA) is 49.7 Å². The third-order valence-electron chi connectivity index (χ3n) is 3.43. The first kappa shape index (κ1) is 11.0. The SMILES string of the molecule is CC1O[C@H](O)C(C)(C)C(O)C1(C)C. The zero-order chi connectivity index (χ0) is 10.4. The summed E-state index contributed by atoms with van der Waals surface area (Å²) in [4.78, 5) is 0. The minimum absolute atomic E-state index is 0.134. The monoisotopic (exact) mass is 188 g/mol. The highest BCUT2D eigenvalue weighted by Crippen LogP contribution is 2.45.